The van der Waals surface area contributed by atoms with Gasteiger partial charge >= 0.3 is 6.03 Å². The number of carbonyl (C=O) groups excluding carboxylic acids is 2. The highest BCUT2D eigenvalue weighted by Gasteiger charge is 2.25. The molecule has 152 valence electrons. The van der Waals surface area contributed by atoms with Crippen LogP contribution < -0.4 is 15.5 Å². The van der Waals surface area contributed by atoms with Crippen molar-refractivity contribution >= 4 is 39.2 Å². The molecule has 0 saturated heterocycles. The molecule has 3 amide bonds. The van der Waals surface area contributed by atoms with Crippen molar-refractivity contribution in [2.24, 2.45) is 0 Å². The minimum absolute atomic E-state index is 0.00260. The first-order chi connectivity index (χ1) is 14.5. The number of hydrogen-bond donors (Lipinski definition) is 2. The Bertz CT molecular complexity index is 1100. The maximum Gasteiger partial charge on any atom is 0.319 e. The van der Waals surface area contributed by atoms with Gasteiger partial charge in [-0.2, -0.15) is 0 Å². The average molecular weight is 464 g/mol. The molecule has 1 aliphatic heterocycles. The predicted octanol–water partition coefficient (Wildman–Crippen LogP) is 5.28. The van der Waals surface area contributed by atoms with Crippen LogP contribution in [0, 0.1) is 6.92 Å². The highest BCUT2D eigenvalue weighted by molar-refractivity contribution is 9.10. The Morgan fingerprint density at radius 1 is 1.03 bits per heavy atom. The van der Waals surface area contributed by atoms with Crippen LogP contribution in [0.2, 0.25) is 0 Å². The lowest BCUT2D eigenvalue weighted by molar-refractivity contribution is 0.0989. The first-order valence-corrected chi connectivity index (χ1v) is 10.6. The van der Waals surface area contributed by atoms with Crippen LogP contribution in [0.25, 0.3) is 0 Å². The molecular formula is C24H22BrN3O2. The molecule has 3 aromatic carbocycles. The summed E-state index contributed by atoms with van der Waals surface area (Å²) < 4.78 is 1.00. The summed E-state index contributed by atoms with van der Waals surface area (Å²) in [5, 5.41) is 5.73. The van der Waals surface area contributed by atoms with Crippen molar-refractivity contribution in [2.45, 2.75) is 19.9 Å². The summed E-state index contributed by atoms with van der Waals surface area (Å²) in [5.41, 5.74) is 5.49. The topological polar surface area (TPSA) is 61.4 Å². The van der Waals surface area contributed by atoms with E-state index >= 15 is 0 Å². The Balaban J connectivity index is 1.42. The molecule has 1 aliphatic rings. The van der Waals surface area contributed by atoms with Crippen molar-refractivity contribution in [2.75, 3.05) is 16.8 Å². The van der Waals surface area contributed by atoms with Crippen molar-refractivity contribution in [1.29, 1.82) is 0 Å². The van der Waals surface area contributed by atoms with Gasteiger partial charge in [-0.3, -0.25) is 4.79 Å². The summed E-state index contributed by atoms with van der Waals surface area (Å²) in [6.45, 7) is 3.02. The summed E-state index contributed by atoms with van der Waals surface area (Å²) in [5.74, 6) is 0.00260. The SMILES string of the molecule is Cc1cc(NC(=O)NCc2ccc3c(c2)N(C(=O)c2ccccc2)CC3)ccc1Br. The number of rotatable bonds is 4. The first kappa shape index (κ1) is 20.2. The Morgan fingerprint density at radius 2 is 1.83 bits per heavy atom. The quantitative estimate of drug-likeness (QED) is 0.552. The van der Waals surface area contributed by atoms with Gasteiger partial charge in [0.05, 0.1) is 0 Å². The molecule has 0 atom stereocenters. The summed E-state index contributed by atoms with van der Waals surface area (Å²) in [4.78, 5) is 27.0. The number of halogens is 1. The molecule has 0 radical (unpaired) electrons. The fourth-order valence-corrected chi connectivity index (χ4v) is 3.81. The zero-order chi connectivity index (χ0) is 21.1. The van der Waals surface area contributed by atoms with Crippen molar-refractivity contribution in [3.63, 3.8) is 0 Å². The third kappa shape index (κ3) is 4.39. The van der Waals surface area contributed by atoms with E-state index in [9.17, 15) is 9.59 Å². The number of nitrogens with zero attached hydrogens (tertiary/aromatic N) is 1. The third-order valence-electron chi connectivity index (χ3n) is 5.18. The first-order valence-electron chi connectivity index (χ1n) is 9.81. The average Bonchev–Trinajstić information content (AvgIpc) is 3.18. The molecule has 0 bridgehead atoms. The van der Waals surface area contributed by atoms with Gasteiger partial charge in [0.15, 0.2) is 0 Å². The molecule has 0 saturated carbocycles. The Labute approximate surface area is 184 Å². The van der Waals surface area contributed by atoms with E-state index in [1.807, 2.05) is 78.6 Å². The second-order valence-electron chi connectivity index (χ2n) is 7.31. The van der Waals surface area contributed by atoms with Crippen molar-refractivity contribution in [1.82, 2.24) is 5.32 Å². The van der Waals surface area contributed by atoms with Gasteiger partial charge in [0.1, 0.15) is 0 Å². The van der Waals surface area contributed by atoms with Crippen LogP contribution in [-0.4, -0.2) is 18.5 Å². The zero-order valence-electron chi connectivity index (χ0n) is 16.6. The maximum absolute atomic E-state index is 12.9. The minimum atomic E-state index is -0.269. The molecule has 0 aromatic heterocycles. The van der Waals surface area contributed by atoms with E-state index in [0.29, 0.717) is 18.7 Å². The molecule has 5 nitrogen and oxygen atoms in total. The molecule has 30 heavy (non-hydrogen) atoms. The lowest BCUT2D eigenvalue weighted by Crippen LogP contribution is -2.29. The minimum Gasteiger partial charge on any atom is -0.334 e. The molecule has 1 heterocycles. The molecule has 0 spiro atoms. The van der Waals surface area contributed by atoms with Crippen LogP contribution in [0.5, 0.6) is 0 Å². The molecule has 6 heteroatoms. The zero-order valence-corrected chi connectivity index (χ0v) is 18.2. The van der Waals surface area contributed by atoms with Crippen molar-refractivity contribution < 1.29 is 9.59 Å². The number of fused-ring (bicyclic) bond motifs is 1. The Kier molecular flexibility index (Phi) is 5.86. The van der Waals surface area contributed by atoms with E-state index in [-0.39, 0.29) is 11.9 Å². The van der Waals surface area contributed by atoms with Crippen LogP contribution in [0.15, 0.2) is 71.2 Å². The highest BCUT2D eigenvalue weighted by atomic mass is 79.9. The van der Waals surface area contributed by atoms with Crippen LogP contribution in [0.3, 0.4) is 0 Å². The van der Waals surface area contributed by atoms with Crippen LogP contribution in [0.1, 0.15) is 27.0 Å². The monoisotopic (exact) mass is 463 g/mol. The summed E-state index contributed by atoms with van der Waals surface area (Å²) in [7, 11) is 0. The molecule has 4 rings (SSSR count). The van der Waals surface area contributed by atoms with Gasteiger partial charge in [0.2, 0.25) is 0 Å². The van der Waals surface area contributed by atoms with Crippen molar-refractivity contribution in [3.8, 4) is 0 Å². The number of nitrogens with one attached hydrogen (secondary N) is 2. The molecule has 0 unspecified atom stereocenters. The number of amides is 3. The van der Waals surface area contributed by atoms with E-state index in [1.54, 1.807) is 0 Å². The lowest BCUT2D eigenvalue weighted by Gasteiger charge is -2.18. The highest BCUT2D eigenvalue weighted by Crippen LogP contribution is 2.30. The summed E-state index contributed by atoms with van der Waals surface area (Å²) in [6.07, 6.45) is 0.838. The normalized spacial score (nSPS) is 12.4. The number of urea groups is 1. The standard InChI is InChI=1S/C24H22BrN3O2/c1-16-13-20(9-10-21(16)25)27-24(30)26-15-17-7-8-18-11-12-28(22(18)14-17)23(29)19-5-3-2-4-6-19/h2-10,13-14H,11-12,15H2,1H3,(H2,26,27,30). The largest absolute Gasteiger partial charge is 0.334 e. The second-order valence-corrected chi connectivity index (χ2v) is 8.16. The van der Waals surface area contributed by atoms with Gasteiger partial charge in [-0.15, -0.1) is 0 Å². The maximum atomic E-state index is 12.9. The molecule has 0 aliphatic carbocycles. The van der Waals surface area contributed by atoms with E-state index in [0.717, 1.165) is 39.0 Å². The van der Waals surface area contributed by atoms with E-state index in [2.05, 4.69) is 26.6 Å². The van der Waals surface area contributed by atoms with Crippen molar-refractivity contribution in [3.05, 3.63) is 93.5 Å². The predicted molar refractivity (Wildman–Crippen MR) is 123 cm³/mol. The van der Waals surface area contributed by atoms with Gasteiger partial charge in [0, 0.05) is 34.5 Å². The Hall–Kier alpha value is -3.12. The summed E-state index contributed by atoms with van der Waals surface area (Å²) >= 11 is 3.45. The van der Waals surface area contributed by atoms with Crippen LogP contribution >= 0.6 is 15.9 Å². The van der Waals surface area contributed by atoms with E-state index in [1.165, 1.54) is 0 Å². The number of anilines is 2. The molecule has 2 N–H and O–H groups in total. The number of carbonyl (C=O) groups is 2. The smallest absolute Gasteiger partial charge is 0.319 e. The second kappa shape index (κ2) is 8.71. The number of benzene rings is 3. The van der Waals surface area contributed by atoms with Gasteiger partial charge < -0.3 is 15.5 Å². The fraction of sp³-hybridized carbons (Fsp3) is 0.167. The van der Waals surface area contributed by atoms with Gasteiger partial charge in [-0.05, 0) is 66.4 Å². The summed E-state index contributed by atoms with van der Waals surface area (Å²) in [6, 6.07) is 20.7. The van der Waals surface area contributed by atoms with E-state index in [4.69, 9.17) is 0 Å². The van der Waals surface area contributed by atoms with Crippen LogP contribution in [0.4, 0.5) is 16.2 Å². The number of aryl methyl sites for hydroxylation is 1. The van der Waals surface area contributed by atoms with Gasteiger partial charge in [-0.1, -0.05) is 46.3 Å². The van der Waals surface area contributed by atoms with Gasteiger partial charge in [-0.25, -0.2) is 4.79 Å². The molecular weight excluding hydrogens is 442 g/mol. The van der Waals surface area contributed by atoms with Crippen LogP contribution in [-0.2, 0) is 13.0 Å². The third-order valence-corrected chi connectivity index (χ3v) is 6.07. The fourth-order valence-electron chi connectivity index (χ4n) is 3.56. The molecule has 3 aromatic rings. The lowest BCUT2D eigenvalue weighted by atomic mass is 10.1. The molecule has 0 fully saturated rings. The van der Waals surface area contributed by atoms with Gasteiger partial charge in [0.25, 0.3) is 5.91 Å². The number of hydrogen-bond acceptors (Lipinski definition) is 2. The van der Waals surface area contributed by atoms with E-state index < -0.39 is 0 Å². The Morgan fingerprint density at radius 3 is 2.60 bits per heavy atom.